The minimum atomic E-state index is 0.594. The Balaban J connectivity index is 2.27. The molecule has 0 aliphatic rings. The van der Waals surface area contributed by atoms with Crippen LogP contribution in [0.3, 0.4) is 0 Å². The number of hydrogen-bond donors (Lipinski definition) is 1. The molecule has 1 rings (SSSR count). The minimum Gasteiger partial charge on any atom is -0.494 e. The van der Waals surface area contributed by atoms with Crippen molar-refractivity contribution in [3.63, 3.8) is 0 Å². The van der Waals surface area contributed by atoms with Crippen LogP contribution in [-0.2, 0) is 6.54 Å². The van der Waals surface area contributed by atoms with Gasteiger partial charge in [-0.3, -0.25) is 0 Å². The maximum atomic E-state index is 5.73. The third-order valence-electron chi connectivity index (χ3n) is 3.53. The molecule has 1 aromatic carbocycles. The van der Waals surface area contributed by atoms with Gasteiger partial charge in [-0.15, -0.1) is 0 Å². The molecule has 0 aliphatic heterocycles. The zero-order chi connectivity index (χ0) is 14.8. The predicted molar refractivity (Wildman–Crippen MR) is 87.2 cm³/mol. The van der Waals surface area contributed by atoms with Crippen molar-refractivity contribution in [3.05, 3.63) is 29.8 Å². The zero-order valence-corrected chi connectivity index (χ0v) is 13.6. The Labute approximate surface area is 124 Å². The van der Waals surface area contributed by atoms with Crippen LogP contribution in [0.4, 0.5) is 0 Å². The Kier molecular flexibility index (Phi) is 8.36. The molecule has 2 nitrogen and oxygen atoms in total. The lowest BCUT2D eigenvalue weighted by atomic mass is 10.1. The van der Waals surface area contributed by atoms with E-state index in [0.717, 1.165) is 25.3 Å². The minimum absolute atomic E-state index is 0.594. The molecule has 2 heteroatoms. The van der Waals surface area contributed by atoms with E-state index >= 15 is 0 Å². The van der Waals surface area contributed by atoms with Crippen LogP contribution in [0.25, 0.3) is 0 Å². The van der Waals surface area contributed by atoms with Gasteiger partial charge in [0.05, 0.1) is 6.61 Å². The van der Waals surface area contributed by atoms with E-state index in [2.05, 4.69) is 57.3 Å². The molecule has 0 bridgehead atoms. The Morgan fingerprint density at radius 3 is 2.35 bits per heavy atom. The third-order valence-corrected chi connectivity index (χ3v) is 3.53. The number of hydrogen-bond acceptors (Lipinski definition) is 2. The zero-order valence-electron chi connectivity index (χ0n) is 13.6. The summed E-state index contributed by atoms with van der Waals surface area (Å²) in [5.41, 5.74) is 1.32. The summed E-state index contributed by atoms with van der Waals surface area (Å²) >= 11 is 0. The van der Waals surface area contributed by atoms with Crippen LogP contribution in [0.5, 0.6) is 5.75 Å². The molecule has 1 atom stereocenters. The first kappa shape index (κ1) is 17.0. The number of unbranched alkanes of at least 4 members (excludes halogenated alkanes) is 1. The standard InChI is InChI=1S/C18H31NO/c1-5-6-7-16(4)19-14-17-8-10-18(11-9-17)20-13-12-15(2)3/h8-11,15-16,19H,5-7,12-14H2,1-4H3. The lowest BCUT2D eigenvalue weighted by Gasteiger charge is -2.13. The molecule has 0 radical (unpaired) electrons. The highest BCUT2D eigenvalue weighted by Gasteiger charge is 2.01. The van der Waals surface area contributed by atoms with Crippen molar-refractivity contribution in [2.45, 2.75) is 66.0 Å². The fourth-order valence-electron chi connectivity index (χ4n) is 2.02. The highest BCUT2D eigenvalue weighted by Crippen LogP contribution is 2.13. The number of nitrogens with one attached hydrogen (secondary N) is 1. The van der Waals surface area contributed by atoms with Gasteiger partial charge in [-0.1, -0.05) is 45.7 Å². The van der Waals surface area contributed by atoms with Crippen molar-refractivity contribution < 1.29 is 4.74 Å². The number of ether oxygens (including phenoxy) is 1. The summed E-state index contributed by atoms with van der Waals surface area (Å²) in [5, 5.41) is 3.57. The Morgan fingerprint density at radius 1 is 1.05 bits per heavy atom. The molecule has 0 heterocycles. The van der Waals surface area contributed by atoms with Crippen LogP contribution in [0.15, 0.2) is 24.3 Å². The molecule has 0 amide bonds. The maximum Gasteiger partial charge on any atom is 0.119 e. The maximum absolute atomic E-state index is 5.73. The van der Waals surface area contributed by atoms with Gasteiger partial charge >= 0.3 is 0 Å². The average Bonchev–Trinajstić information content (AvgIpc) is 2.44. The van der Waals surface area contributed by atoms with E-state index in [9.17, 15) is 0 Å². The molecular formula is C18H31NO. The summed E-state index contributed by atoms with van der Waals surface area (Å²) in [6, 6.07) is 9.06. The van der Waals surface area contributed by atoms with Crippen molar-refractivity contribution in [1.29, 1.82) is 0 Å². The highest BCUT2D eigenvalue weighted by molar-refractivity contribution is 5.27. The molecule has 0 saturated carbocycles. The van der Waals surface area contributed by atoms with E-state index in [0.29, 0.717) is 12.0 Å². The first-order chi connectivity index (χ1) is 9.61. The summed E-state index contributed by atoms with van der Waals surface area (Å²) in [7, 11) is 0. The quantitative estimate of drug-likeness (QED) is 0.664. The second-order valence-electron chi connectivity index (χ2n) is 6.10. The summed E-state index contributed by atoms with van der Waals surface area (Å²) in [6.45, 7) is 10.7. The van der Waals surface area contributed by atoms with Gasteiger partial charge in [-0.25, -0.2) is 0 Å². The van der Waals surface area contributed by atoms with Crippen molar-refractivity contribution >= 4 is 0 Å². The molecular weight excluding hydrogens is 246 g/mol. The summed E-state index contributed by atoms with van der Waals surface area (Å²) < 4.78 is 5.73. The molecule has 0 saturated heterocycles. The van der Waals surface area contributed by atoms with E-state index in [4.69, 9.17) is 4.74 Å². The first-order valence-electron chi connectivity index (χ1n) is 8.07. The van der Waals surface area contributed by atoms with Gasteiger partial charge in [0.25, 0.3) is 0 Å². The SMILES string of the molecule is CCCCC(C)NCc1ccc(OCCC(C)C)cc1. The first-order valence-corrected chi connectivity index (χ1v) is 8.07. The smallest absolute Gasteiger partial charge is 0.119 e. The van der Waals surface area contributed by atoms with Gasteiger partial charge in [0.2, 0.25) is 0 Å². The lowest BCUT2D eigenvalue weighted by Crippen LogP contribution is -2.25. The normalized spacial score (nSPS) is 12.7. The fraction of sp³-hybridized carbons (Fsp3) is 0.667. The Bertz CT molecular complexity index is 345. The molecule has 1 N–H and O–H groups in total. The van der Waals surface area contributed by atoms with Crippen LogP contribution in [0.2, 0.25) is 0 Å². The van der Waals surface area contributed by atoms with Gasteiger partial charge < -0.3 is 10.1 Å². The molecule has 1 unspecified atom stereocenters. The summed E-state index contributed by atoms with van der Waals surface area (Å²) in [4.78, 5) is 0. The van der Waals surface area contributed by atoms with Crippen LogP contribution >= 0.6 is 0 Å². The Morgan fingerprint density at radius 2 is 1.75 bits per heavy atom. The van der Waals surface area contributed by atoms with Gasteiger partial charge in [0, 0.05) is 12.6 Å². The van der Waals surface area contributed by atoms with E-state index in [1.54, 1.807) is 0 Å². The molecule has 0 spiro atoms. The van der Waals surface area contributed by atoms with Gasteiger partial charge in [-0.05, 0) is 43.4 Å². The van der Waals surface area contributed by atoms with Crippen molar-refractivity contribution in [2.24, 2.45) is 5.92 Å². The largest absolute Gasteiger partial charge is 0.494 e. The van der Waals surface area contributed by atoms with Crippen molar-refractivity contribution in [1.82, 2.24) is 5.32 Å². The average molecular weight is 277 g/mol. The third kappa shape index (κ3) is 7.54. The second-order valence-corrected chi connectivity index (χ2v) is 6.10. The number of rotatable bonds is 10. The van der Waals surface area contributed by atoms with Crippen LogP contribution < -0.4 is 10.1 Å². The molecule has 0 fully saturated rings. The number of benzene rings is 1. The van der Waals surface area contributed by atoms with E-state index in [-0.39, 0.29) is 0 Å². The molecule has 1 aromatic rings. The summed E-state index contributed by atoms with van der Waals surface area (Å²) in [5.74, 6) is 1.68. The molecule has 114 valence electrons. The van der Waals surface area contributed by atoms with E-state index < -0.39 is 0 Å². The molecule has 0 aliphatic carbocycles. The predicted octanol–water partition coefficient (Wildman–Crippen LogP) is 4.78. The van der Waals surface area contributed by atoms with Crippen LogP contribution in [-0.4, -0.2) is 12.6 Å². The van der Waals surface area contributed by atoms with E-state index in [1.165, 1.54) is 24.8 Å². The summed E-state index contributed by atoms with van der Waals surface area (Å²) in [6.07, 6.45) is 4.94. The van der Waals surface area contributed by atoms with E-state index in [1.807, 2.05) is 0 Å². The monoisotopic (exact) mass is 277 g/mol. The topological polar surface area (TPSA) is 21.3 Å². The lowest BCUT2D eigenvalue weighted by molar-refractivity contribution is 0.289. The van der Waals surface area contributed by atoms with Gasteiger partial charge in [0.15, 0.2) is 0 Å². The fourth-order valence-corrected chi connectivity index (χ4v) is 2.02. The van der Waals surface area contributed by atoms with Crippen LogP contribution in [0, 0.1) is 5.92 Å². The molecule has 0 aromatic heterocycles. The van der Waals surface area contributed by atoms with Gasteiger partial charge in [-0.2, -0.15) is 0 Å². The Hall–Kier alpha value is -1.02. The molecule has 20 heavy (non-hydrogen) atoms. The highest BCUT2D eigenvalue weighted by atomic mass is 16.5. The second kappa shape index (κ2) is 9.82. The van der Waals surface area contributed by atoms with Gasteiger partial charge in [0.1, 0.15) is 5.75 Å². The van der Waals surface area contributed by atoms with Crippen molar-refractivity contribution in [3.8, 4) is 5.75 Å². The van der Waals surface area contributed by atoms with Crippen molar-refractivity contribution in [2.75, 3.05) is 6.61 Å². The van der Waals surface area contributed by atoms with Crippen LogP contribution in [0.1, 0.15) is 58.9 Å².